The van der Waals surface area contributed by atoms with Crippen LogP contribution in [0.3, 0.4) is 0 Å². The number of aromatic nitrogens is 1. The molecule has 1 heterocycles. The number of hydrogen-bond donors (Lipinski definition) is 2. The maximum absolute atomic E-state index is 12.5. The highest BCUT2D eigenvalue weighted by Crippen LogP contribution is 2.16. The van der Waals surface area contributed by atoms with Crippen molar-refractivity contribution in [2.24, 2.45) is 0 Å². The number of nitrogens with zero attached hydrogens (tertiary/aromatic N) is 1. The van der Waals surface area contributed by atoms with Crippen molar-refractivity contribution < 1.29 is 32.3 Å². The third kappa shape index (κ3) is 7.05. The molecular weight excluding hydrogens is 438 g/mol. The molecular formula is C21H25N3O7S. The molecule has 172 valence electrons. The van der Waals surface area contributed by atoms with Gasteiger partial charge in [-0.15, -0.1) is 0 Å². The summed E-state index contributed by atoms with van der Waals surface area (Å²) in [7, 11) is -4.15. The molecule has 0 aliphatic carbocycles. The third-order valence-electron chi connectivity index (χ3n) is 4.36. The highest BCUT2D eigenvalue weighted by molar-refractivity contribution is 7.90. The van der Waals surface area contributed by atoms with Crippen LogP contribution in [-0.4, -0.2) is 37.5 Å². The molecule has 10 nitrogen and oxygen atoms in total. The van der Waals surface area contributed by atoms with Gasteiger partial charge in [0.25, 0.3) is 15.9 Å². The van der Waals surface area contributed by atoms with Gasteiger partial charge in [-0.3, -0.25) is 9.59 Å². The molecule has 0 atom stereocenters. The zero-order valence-electron chi connectivity index (χ0n) is 18.0. The van der Waals surface area contributed by atoms with E-state index in [-0.39, 0.29) is 34.8 Å². The molecule has 0 aliphatic rings. The van der Waals surface area contributed by atoms with Gasteiger partial charge >= 0.3 is 6.16 Å². The molecule has 0 saturated heterocycles. The van der Waals surface area contributed by atoms with Crippen LogP contribution in [0.15, 0.2) is 47.5 Å². The summed E-state index contributed by atoms with van der Waals surface area (Å²) >= 11 is 0. The van der Waals surface area contributed by atoms with Crippen molar-refractivity contribution in [3.05, 3.63) is 48.2 Å². The van der Waals surface area contributed by atoms with E-state index >= 15 is 0 Å². The van der Waals surface area contributed by atoms with E-state index in [1.807, 2.05) is 18.6 Å². The highest BCUT2D eigenvalue weighted by Gasteiger charge is 2.20. The van der Waals surface area contributed by atoms with Gasteiger partial charge in [-0.2, -0.15) is 0 Å². The molecule has 11 heteroatoms. The van der Waals surface area contributed by atoms with E-state index in [9.17, 15) is 22.8 Å². The summed E-state index contributed by atoms with van der Waals surface area (Å²) in [5.41, 5.74) is 0.380. The zero-order valence-corrected chi connectivity index (χ0v) is 18.8. The van der Waals surface area contributed by atoms with Gasteiger partial charge in [-0.1, -0.05) is 20.8 Å². The zero-order chi connectivity index (χ0) is 23.7. The summed E-state index contributed by atoms with van der Waals surface area (Å²) in [5, 5.41) is 2.60. The van der Waals surface area contributed by atoms with E-state index in [1.54, 1.807) is 6.92 Å². The van der Waals surface area contributed by atoms with Crippen LogP contribution < -0.4 is 14.8 Å². The predicted octanol–water partition coefficient (Wildman–Crippen LogP) is 3.25. The SMILES string of the molecule is CCC(=O)Nc1ccc(S(=O)(=O)NC(=O)c2ccc(OC(=O)OC(CC)CC)nc2)cc1. The number of anilines is 1. The van der Waals surface area contributed by atoms with Crippen LogP contribution in [-0.2, 0) is 19.6 Å². The lowest BCUT2D eigenvalue weighted by Crippen LogP contribution is -2.30. The predicted molar refractivity (Wildman–Crippen MR) is 116 cm³/mol. The Kier molecular flexibility index (Phi) is 8.71. The van der Waals surface area contributed by atoms with E-state index in [0.717, 1.165) is 6.20 Å². The Morgan fingerprint density at radius 1 is 1.00 bits per heavy atom. The number of ether oxygens (including phenoxy) is 2. The van der Waals surface area contributed by atoms with Crippen molar-refractivity contribution in [1.29, 1.82) is 0 Å². The van der Waals surface area contributed by atoms with Gasteiger partial charge in [0.05, 0.1) is 10.5 Å². The number of sulfonamides is 1. The molecule has 0 unspecified atom stereocenters. The van der Waals surface area contributed by atoms with Crippen LogP contribution in [0, 0.1) is 0 Å². The molecule has 1 aromatic heterocycles. The fraction of sp³-hybridized carbons (Fsp3) is 0.333. The number of rotatable bonds is 9. The minimum Gasteiger partial charge on any atom is -0.431 e. The first-order valence-electron chi connectivity index (χ1n) is 10.00. The average molecular weight is 464 g/mol. The molecule has 0 fully saturated rings. The lowest BCUT2D eigenvalue weighted by molar-refractivity contribution is -0.115. The first-order valence-corrected chi connectivity index (χ1v) is 11.5. The largest absolute Gasteiger partial charge is 0.515 e. The first-order chi connectivity index (χ1) is 15.2. The van der Waals surface area contributed by atoms with E-state index in [1.165, 1.54) is 36.4 Å². The Labute approximate surface area is 186 Å². The number of nitrogens with one attached hydrogen (secondary N) is 2. The van der Waals surface area contributed by atoms with Crippen LogP contribution in [0.5, 0.6) is 5.88 Å². The second-order valence-electron chi connectivity index (χ2n) is 6.65. The van der Waals surface area contributed by atoms with Crippen molar-refractivity contribution in [3.63, 3.8) is 0 Å². The highest BCUT2D eigenvalue weighted by atomic mass is 32.2. The summed E-state index contributed by atoms with van der Waals surface area (Å²) in [6, 6.07) is 7.88. The second kappa shape index (κ2) is 11.2. The maximum Gasteiger partial charge on any atom is 0.515 e. The van der Waals surface area contributed by atoms with Gasteiger partial charge in [0.1, 0.15) is 6.10 Å². The van der Waals surface area contributed by atoms with Crippen molar-refractivity contribution in [2.75, 3.05) is 5.32 Å². The van der Waals surface area contributed by atoms with E-state index in [0.29, 0.717) is 18.5 Å². The Morgan fingerprint density at radius 3 is 2.19 bits per heavy atom. The van der Waals surface area contributed by atoms with E-state index < -0.39 is 22.1 Å². The Morgan fingerprint density at radius 2 is 1.66 bits per heavy atom. The van der Waals surface area contributed by atoms with Crippen molar-refractivity contribution in [3.8, 4) is 5.88 Å². The molecule has 2 aromatic rings. The third-order valence-corrected chi connectivity index (χ3v) is 5.70. The summed E-state index contributed by atoms with van der Waals surface area (Å²) < 4.78 is 36.9. The average Bonchev–Trinajstić information content (AvgIpc) is 2.77. The van der Waals surface area contributed by atoms with Gasteiger partial charge in [0.15, 0.2) is 0 Å². The van der Waals surface area contributed by atoms with Crippen molar-refractivity contribution in [1.82, 2.24) is 9.71 Å². The maximum atomic E-state index is 12.5. The second-order valence-corrected chi connectivity index (χ2v) is 8.34. The van der Waals surface area contributed by atoms with E-state index in [2.05, 4.69) is 10.3 Å². The van der Waals surface area contributed by atoms with Crippen LogP contribution in [0.1, 0.15) is 50.4 Å². The van der Waals surface area contributed by atoms with Crippen molar-refractivity contribution >= 4 is 33.7 Å². The number of amides is 2. The fourth-order valence-corrected chi connectivity index (χ4v) is 3.46. The summed E-state index contributed by atoms with van der Waals surface area (Å²) in [5.74, 6) is -1.21. The molecule has 0 radical (unpaired) electrons. The topological polar surface area (TPSA) is 141 Å². The minimum absolute atomic E-state index is 0.0545. The summed E-state index contributed by atoms with van der Waals surface area (Å²) in [4.78, 5) is 39.1. The summed E-state index contributed by atoms with van der Waals surface area (Å²) in [6.45, 7) is 5.44. The number of carbonyl (C=O) groups excluding carboxylic acids is 3. The molecule has 32 heavy (non-hydrogen) atoms. The molecule has 1 aromatic carbocycles. The molecule has 2 N–H and O–H groups in total. The quantitative estimate of drug-likeness (QED) is 0.540. The molecule has 2 rings (SSSR count). The Bertz CT molecular complexity index is 1050. The normalized spacial score (nSPS) is 11.0. The van der Waals surface area contributed by atoms with Gasteiger partial charge in [-0.25, -0.2) is 22.9 Å². The minimum atomic E-state index is -4.15. The standard InChI is InChI=1S/C21H25N3O7S/c1-4-16(5-2)30-21(27)31-19-12-7-14(13-22-19)20(26)24-32(28,29)17-10-8-15(9-11-17)23-18(25)6-3/h7-13,16H,4-6H2,1-3H3,(H,23,25)(H,24,26). The monoisotopic (exact) mass is 463 g/mol. The molecule has 2 amide bonds. The van der Waals surface area contributed by atoms with Gasteiger partial charge in [0.2, 0.25) is 11.8 Å². The van der Waals surface area contributed by atoms with Crippen molar-refractivity contribution in [2.45, 2.75) is 51.0 Å². The number of carbonyl (C=O) groups is 3. The first kappa shape index (κ1) is 24.8. The molecule has 0 bridgehead atoms. The summed E-state index contributed by atoms with van der Waals surface area (Å²) in [6.07, 6.45) is 1.46. The molecule has 0 saturated carbocycles. The number of pyridine rings is 1. The molecule has 0 aliphatic heterocycles. The van der Waals surface area contributed by atoms with Gasteiger partial charge < -0.3 is 14.8 Å². The lowest BCUT2D eigenvalue weighted by atomic mass is 10.2. The molecule has 0 spiro atoms. The lowest BCUT2D eigenvalue weighted by Gasteiger charge is -2.13. The van der Waals surface area contributed by atoms with Crippen LogP contribution in [0.25, 0.3) is 0 Å². The smallest absolute Gasteiger partial charge is 0.431 e. The van der Waals surface area contributed by atoms with Gasteiger partial charge in [-0.05, 0) is 43.2 Å². The van der Waals surface area contributed by atoms with E-state index in [4.69, 9.17) is 9.47 Å². The fourth-order valence-electron chi connectivity index (χ4n) is 2.48. The van der Waals surface area contributed by atoms with Crippen LogP contribution >= 0.6 is 0 Å². The number of hydrogen-bond acceptors (Lipinski definition) is 8. The van der Waals surface area contributed by atoms with Crippen LogP contribution in [0.2, 0.25) is 0 Å². The van der Waals surface area contributed by atoms with Gasteiger partial charge in [0, 0.05) is 24.4 Å². The Hall–Kier alpha value is -3.47. The Balaban J connectivity index is 2.00. The van der Waals surface area contributed by atoms with Crippen LogP contribution in [0.4, 0.5) is 10.5 Å². The number of benzene rings is 1.